The lowest BCUT2D eigenvalue weighted by molar-refractivity contribution is 0.0827. The molecule has 1 amide bonds. The van der Waals surface area contributed by atoms with E-state index in [9.17, 15) is 9.59 Å². The Balaban J connectivity index is 2.04. The highest BCUT2D eigenvalue weighted by Gasteiger charge is 2.19. The fourth-order valence-corrected chi connectivity index (χ4v) is 2.22. The van der Waals surface area contributed by atoms with Crippen molar-refractivity contribution in [3.05, 3.63) is 58.6 Å². The molecule has 1 aromatic rings. The van der Waals surface area contributed by atoms with Gasteiger partial charge in [-0.05, 0) is 24.3 Å². The van der Waals surface area contributed by atoms with Crippen LogP contribution in [0.4, 0.5) is 0 Å². The van der Waals surface area contributed by atoms with Crippen LogP contribution in [0.1, 0.15) is 10.4 Å². The summed E-state index contributed by atoms with van der Waals surface area (Å²) in [6.45, 7) is 0. The maximum Gasteiger partial charge on any atom is 0.345 e. The van der Waals surface area contributed by atoms with Gasteiger partial charge in [-0.1, -0.05) is 12.1 Å². The van der Waals surface area contributed by atoms with Gasteiger partial charge in [0.1, 0.15) is 0 Å². The third-order valence-corrected chi connectivity index (χ3v) is 3.30. The first-order valence-corrected chi connectivity index (χ1v) is 6.50. The number of nitrogens with zero attached hydrogens (tertiary/aromatic N) is 1. The van der Waals surface area contributed by atoms with Crippen molar-refractivity contribution in [1.29, 1.82) is 0 Å². The summed E-state index contributed by atoms with van der Waals surface area (Å²) in [5, 5.41) is 0. The van der Waals surface area contributed by atoms with Crippen molar-refractivity contribution in [1.82, 2.24) is 9.88 Å². The van der Waals surface area contributed by atoms with Crippen molar-refractivity contribution in [2.24, 2.45) is 0 Å². The molecular weight excluding hydrogens is 268 g/mol. The molecule has 0 saturated heterocycles. The normalized spacial score (nSPS) is 10.8. The Morgan fingerprint density at radius 2 is 1.86 bits per heavy atom. The third kappa shape index (κ3) is 2.23. The first-order chi connectivity index (χ1) is 10.1. The SMILES string of the molecule is CN(C)C(=O)c1ccc(-c2oc(=O)c3ccc[nH]c2-3)cc1. The van der Waals surface area contributed by atoms with Gasteiger partial charge in [-0.3, -0.25) is 4.79 Å². The lowest BCUT2D eigenvalue weighted by Gasteiger charge is -2.10. The molecule has 21 heavy (non-hydrogen) atoms. The number of carbonyl (C=O) groups excluding carboxylic acids is 1. The van der Waals surface area contributed by atoms with Crippen molar-refractivity contribution in [2.75, 3.05) is 14.1 Å². The molecule has 0 aromatic heterocycles. The van der Waals surface area contributed by atoms with Crippen molar-refractivity contribution < 1.29 is 9.21 Å². The molecule has 0 atom stereocenters. The molecule has 0 saturated carbocycles. The molecule has 2 heterocycles. The zero-order chi connectivity index (χ0) is 15.0. The molecule has 2 aliphatic rings. The summed E-state index contributed by atoms with van der Waals surface area (Å²) in [6, 6.07) is 10.5. The smallest absolute Gasteiger partial charge is 0.345 e. The fraction of sp³-hybridized carbons (Fsp3) is 0.125. The van der Waals surface area contributed by atoms with Crippen LogP contribution in [0, 0.1) is 0 Å². The largest absolute Gasteiger partial charge is 0.420 e. The van der Waals surface area contributed by atoms with E-state index in [1.807, 2.05) is 0 Å². The lowest BCUT2D eigenvalue weighted by Crippen LogP contribution is -2.21. The van der Waals surface area contributed by atoms with E-state index in [0.29, 0.717) is 22.6 Å². The number of amides is 1. The number of hydrogen-bond acceptors (Lipinski definition) is 3. The Labute approximate surface area is 121 Å². The zero-order valence-corrected chi connectivity index (χ0v) is 11.7. The van der Waals surface area contributed by atoms with E-state index in [-0.39, 0.29) is 11.5 Å². The van der Waals surface area contributed by atoms with Crippen molar-refractivity contribution >= 4 is 5.91 Å². The predicted molar refractivity (Wildman–Crippen MR) is 79.4 cm³/mol. The van der Waals surface area contributed by atoms with Crippen molar-refractivity contribution in [3.63, 3.8) is 0 Å². The Morgan fingerprint density at radius 1 is 1.14 bits per heavy atom. The van der Waals surface area contributed by atoms with Gasteiger partial charge in [0.25, 0.3) is 5.91 Å². The van der Waals surface area contributed by atoms with Gasteiger partial charge < -0.3 is 14.3 Å². The molecule has 0 spiro atoms. The van der Waals surface area contributed by atoms with Crippen LogP contribution in [0.5, 0.6) is 0 Å². The summed E-state index contributed by atoms with van der Waals surface area (Å²) in [4.78, 5) is 28.2. The molecule has 0 fully saturated rings. The van der Waals surface area contributed by atoms with Crippen LogP contribution in [0.25, 0.3) is 22.6 Å². The van der Waals surface area contributed by atoms with Crippen LogP contribution in [-0.2, 0) is 0 Å². The van der Waals surface area contributed by atoms with Crippen LogP contribution in [0.15, 0.2) is 51.8 Å². The number of furan rings is 1. The minimum atomic E-state index is -0.370. The molecular formula is C16H14N2O3. The number of H-pyrrole nitrogens is 1. The molecule has 0 aliphatic carbocycles. The average Bonchev–Trinajstić information content (AvgIpc) is 2.84. The second kappa shape index (κ2) is 4.94. The summed E-state index contributed by atoms with van der Waals surface area (Å²) < 4.78 is 5.32. The zero-order valence-electron chi connectivity index (χ0n) is 11.7. The first-order valence-electron chi connectivity index (χ1n) is 6.50. The summed E-state index contributed by atoms with van der Waals surface area (Å²) in [6.07, 6.45) is 1.74. The number of aromatic nitrogens is 1. The lowest BCUT2D eigenvalue weighted by atomic mass is 10.1. The molecule has 2 aliphatic heterocycles. The quantitative estimate of drug-likeness (QED) is 0.785. The Hall–Kier alpha value is -2.82. The highest BCUT2D eigenvalue weighted by atomic mass is 16.4. The topological polar surface area (TPSA) is 66.3 Å². The van der Waals surface area contributed by atoms with E-state index in [1.54, 1.807) is 56.7 Å². The number of rotatable bonds is 2. The number of nitrogens with one attached hydrogen (secondary N) is 1. The molecule has 1 N–H and O–H groups in total. The van der Waals surface area contributed by atoms with Crippen LogP contribution < -0.4 is 5.63 Å². The van der Waals surface area contributed by atoms with E-state index < -0.39 is 0 Å². The van der Waals surface area contributed by atoms with E-state index >= 15 is 0 Å². The fourth-order valence-electron chi connectivity index (χ4n) is 2.22. The standard InChI is InChI=1S/C16H14N2O3/c1-18(2)15(19)11-7-5-10(6-8-11)14-13-12(16(20)21-14)4-3-9-17-13/h3-9,17H,1-2H3. The summed E-state index contributed by atoms with van der Waals surface area (Å²) in [5.74, 6) is 0.418. The van der Waals surface area contributed by atoms with Crippen LogP contribution >= 0.6 is 0 Å². The highest BCUT2D eigenvalue weighted by Crippen LogP contribution is 2.30. The molecule has 5 nitrogen and oxygen atoms in total. The van der Waals surface area contributed by atoms with Gasteiger partial charge >= 0.3 is 5.63 Å². The summed E-state index contributed by atoms with van der Waals surface area (Å²) in [7, 11) is 3.41. The minimum absolute atomic E-state index is 0.0677. The van der Waals surface area contributed by atoms with Gasteiger partial charge in [0.05, 0.1) is 11.3 Å². The number of hydrogen-bond donors (Lipinski definition) is 1. The monoisotopic (exact) mass is 282 g/mol. The number of carbonyl (C=O) groups is 1. The average molecular weight is 282 g/mol. The minimum Gasteiger partial charge on any atom is -0.420 e. The molecule has 1 aromatic carbocycles. The second-order valence-electron chi connectivity index (χ2n) is 4.95. The highest BCUT2D eigenvalue weighted by molar-refractivity contribution is 5.94. The molecule has 0 bridgehead atoms. The van der Waals surface area contributed by atoms with Gasteiger partial charge in [-0.15, -0.1) is 0 Å². The predicted octanol–water partition coefficient (Wildman–Crippen LogP) is 2.44. The third-order valence-electron chi connectivity index (χ3n) is 3.30. The number of fused-ring (bicyclic) bond motifs is 1. The van der Waals surface area contributed by atoms with E-state index in [4.69, 9.17) is 4.42 Å². The molecule has 106 valence electrons. The van der Waals surface area contributed by atoms with Gasteiger partial charge in [0.2, 0.25) is 0 Å². The van der Waals surface area contributed by atoms with Gasteiger partial charge in [-0.25, -0.2) is 4.79 Å². The van der Waals surface area contributed by atoms with Gasteiger partial charge in [-0.2, -0.15) is 0 Å². The number of aromatic amines is 1. The molecule has 0 radical (unpaired) electrons. The Kier molecular flexibility index (Phi) is 3.10. The van der Waals surface area contributed by atoms with Crippen LogP contribution in [-0.4, -0.2) is 29.9 Å². The summed E-state index contributed by atoms with van der Waals surface area (Å²) >= 11 is 0. The van der Waals surface area contributed by atoms with Crippen molar-refractivity contribution in [3.8, 4) is 22.6 Å². The van der Waals surface area contributed by atoms with Gasteiger partial charge in [0.15, 0.2) is 5.76 Å². The van der Waals surface area contributed by atoms with Crippen LogP contribution in [0.2, 0.25) is 0 Å². The molecule has 5 heteroatoms. The van der Waals surface area contributed by atoms with E-state index in [2.05, 4.69) is 4.98 Å². The Morgan fingerprint density at radius 3 is 2.52 bits per heavy atom. The van der Waals surface area contributed by atoms with Crippen LogP contribution in [0.3, 0.4) is 0 Å². The Bertz CT molecular complexity index is 812. The number of pyridine rings is 1. The number of benzene rings is 1. The van der Waals surface area contributed by atoms with Crippen molar-refractivity contribution in [2.45, 2.75) is 0 Å². The molecule has 3 rings (SSSR count). The van der Waals surface area contributed by atoms with E-state index in [0.717, 1.165) is 5.56 Å². The van der Waals surface area contributed by atoms with E-state index in [1.165, 1.54) is 4.90 Å². The van der Waals surface area contributed by atoms with Gasteiger partial charge in [0, 0.05) is 31.4 Å². The summed E-state index contributed by atoms with van der Waals surface area (Å²) in [5.41, 5.74) is 2.14. The maximum atomic E-state index is 11.9. The first kappa shape index (κ1) is 13.2. The maximum absolute atomic E-state index is 11.9. The molecule has 0 unspecified atom stereocenters. The second-order valence-corrected chi connectivity index (χ2v) is 4.95.